The molecule has 2 aliphatic rings. The highest BCUT2D eigenvalue weighted by Gasteiger charge is 2.52. The normalized spacial score (nSPS) is 14.1. The van der Waals surface area contributed by atoms with E-state index in [1.807, 2.05) is 36.0 Å². The van der Waals surface area contributed by atoms with Crippen molar-refractivity contribution in [2.75, 3.05) is 0 Å². The molecule has 2 heterocycles. The van der Waals surface area contributed by atoms with Gasteiger partial charge < -0.3 is 0 Å². The Bertz CT molecular complexity index is 2970. The van der Waals surface area contributed by atoms with E-state index >= 15 is 0 Å². The summed E-state index contributed by atoms with van der Waals surface area (Å²) in [6.45, 7) is 4.76. The van der Waals surface area contributed by atoms with Crippen molar-refractivity contribution >= 4 is 11.8 Å². The van der Waals surface area contributed by atoms with Crippen LogP contribution in [0.2, 0.25) is 0 Å². The molecule has 8 aromatic carbocycles. The van der Waals surface area contributed by atoms with Crippen molar-refractivity contribution in [3.8, 4) is 56.2 Å². The lowest BCUT2D eigenvalue weighted by atomic mass is 9.54. The molecule has 1 aliphatic carbocycles. The summed E-state index contributed by atoms with van der Waals surface area (Å²) >= 11 is 1.89. The molecule has 0 saturated heterocycles. The largest absolute Gasteiger partial charge is 0.228 e. The zero-order valence-electron chi connectivity index (χ0n) is 32.9. The molecule has 1 spiro atoms. The van der Waals surface area contributed by atoms with Crippen LogP contribution in [-0.4, -0.2) is 9.97 Å². The van der Waals surface area contributed by atoms with E-state index in [2.05, 4.69) is 196 Å². The molecular formula is C56H40N2S. The van der Waals surface area contributed by atoms with Gasteiger partial charge in [-0.25, -0.2) is 9.97 Å². The number of fused-ring (bicyclic) bond motifs is 8. The van der Waals surface area contributed by atoms with Gasteiger partial charge in [0.15, 0.2) is 5.82 Å². The van der Waals surface area contributed by atoms with Gasteiger partial charge in [-0.05, 0) is 73.8 Å². The number of aromatic nitrogens is 2. The number of hydrogen-bond donors (Lipinski definition) is 0. The van der Waals surface area contributed by atoms with Gasteiger partial charge in [-0.15, -0.1) is 0 Å². The molecule has 1 aliphatic heterocycles. The summed E-state index contributed by atoms with van der Waals surface area (Å²) < 4.78 is 0. The molecule has 3 heteroatoms. The molecule has 1 aromatic heterocycles. The van der Waals surface area contributed by atoms with Gasteiger partial charge in [0.05, 0.1) is 16.8 Å². The topological polar surface area (TPSA) is 25.8 Å². The summed E-state index contributed by atoms with van der Waals surface area (Å²) in [5.74, 6) is 0.712. The third-order valence-corrected chi connectivity index (χ3v) is 13.6. The first-order valence-corrected chi connectivity index (χ1v) is 21.1. The predicted molar refractivity (Wildman–Crippen MR) is 244 cm³/mol. The van der Waals surface area contributed by atoms with Crippen LogP contribution < -0.4 is 0 Å². The SMILES string of the molecule is CC1(C)c2ccccc2C2(c3ccccc3Sc3cc(-c4ccc(-c5cc(-c6ccc(-c7ccccc7)cc6)nc(-c6ccccc6)n5)cc4)ccc32)c2ccccc21. The minimum atomic E-state index is -0.425. The summed E-state index contributed by atoms with van der Waals surface area (Å²) in [5, 5.41) is 0. The summed E-state index contributed by atoms with van der Waals surface area (Å²) in [6.07, 6.45) is 0. The lowest BCUT2D eigenvalue weighted by Gasteiger charge is -2.50. The first kappa shape index (κ1) is 35.4. The monoisotopic (exact) mass is 772 g/mol. The van der Waals surface area contributed by atoms with E-state index in [-0.39, 0.29) is 5.41 Å². The first-order valence-electron chi connectivity index (χ1n) is 20.3. The second-order valence-corrected chi connectivity index (χ2v) is 17.2. The molecule has 0 fully saturated rings. The van der Waals surface area contributed by atoms with Gasteiger partial charge in [-0.3, -0.25) is 0 Å². The molecule has 0 atom stereocenters. The Kier molecular flexibility index (Phi) is 8.35. The molecule has 0 radical (unpaired) electrons. The maximum Gasteiger partial charge on any atom is 0.160 e. The smallest absolute Gasteiger partial charge is 0.160 e. The summed E-state index contributed by atoms with van der Waals surface area (Å²) in [7, 11) is 0. The second kappa shape index (κ2) is 13.9. The maximum atomic E-state index is 5.13. The summed E-state index contributed by atoms with van der Waals surface area (Å²) in [5.41, 5.74) is 17.3. The van der Waals surface area contributed by atoms with Crippen molar-refractivity contribution < 1.29 is 0 Å². The highest BCUT2D eigenvalue weighted by molar-refractivity contribution is 7.99. The second-order valence-electron chi connectivity index (χ2n) is 16.1. The Hall–Kier alpha value is -6.81. The Morgan fingerprint density at radius 1 is 0.322 bits per heavy atom. The fraction of sp³-hybridized carbons (Fsp3) is 0.0714. The number of benzene rings is 8. The van der Waals surface area contributed by atoms with E-state index in [0.29, 0.717) is 5.82 Å². The molecule has 9 aromatic rings. The highest BCUT2D eigenvalue weighted by Crippen LogP contribution is 2.61. The Labute approximate surface area is 350 Å². The van der Waals surface area contributed by atoms with E-state index in [4.69, 9.17) is 9.97 Å². The highest BCUT2D eigenvalue weighted by atomic mass is 32.2. The molecule has 0 saturated carbocycles. The molecule has 59 heavy (non-hydrogen) atoms. The van der Waals surface area contributed by atoms with E-state index < -0.39 is 5.41 Å². The van der Waals surface area contributed by atoms with Crippen molar-refractivity contribution in [2.24, 2.45) is 0 Å². The van der Waals surface area contributed by atoms with Gasteiger partial charge in [0, 0.05) is 31.9 Å². The fourth-order valence-corrected chi connectivity index (χ4v) is 10.8. The Morgan fingerprint density at radius 2 is 0.729 bits per heavy atom. The molecule has 0 N–H and O–H groups in total. The number of hydrogen-bond acceptors (Lipinski definition) is 3. The van der Waals surface area contributed by atoms with Crippen molar-refractivity contribution in [3.05, 3.63) is 240 Å². The van der Waals surface area contributed by atoms with Crippen LogP contribution in [0.15, 0.2) is 216 Å². The Balaban J connectivity index is 0.999. The van der Waals surface area contributed by atoms with Gasteiger partial charge in [0.25, 0.3) is 0 Å². The minimum Gasteiger partial charge on any atom is -0.228 e. The predicted octanol–water partition coefficient (Wildman–Crippen LogP) is 14.3. The number of nitrogens with zero attached hydrogens (tertiary/aromatic N) is 2. The average Bonchev–Trinajstić information content (AvgIpc) is 3.31. The zero-order chi connectivity index (χ0) is 39.6. The van der Waals surface area contributed by atoms with Crippen molar-refractivity contribution in [3.63, 3.8) is 0 Å². The van der Waals surface area contributed by atoms with E-state index in [0.717, 1.165) is 28.1 Å². The van der Waals surface area contributed by atoms with E-state index in [1.165, 1.54) is 65.4 Å². The third-order valence-electron chi connectivity index (χ3n) is 12.5. The van der Waals surface area contributed by atoms with Crippen LogP contribution in [0.4, 0.5) is 0 Å². The lowest BCUT2D eigenvalue weighted by Crippen LogP contribution is -2.43. The zero-order valence-corrected chi connectivity index (χ0v) is 33.7. The first-order chi connectivity index (χ1) is 29.0. The molecule has 280 valence electrons. The van der Waals surface area contributed by atoms with Gasteiger partial charge in [-0.1, -0.05) is 214 Å². The van der Waals surface area contributed by atoms with Crippen molar-refractivity contribution in [1.82, 2.24) is 9.97 Å². The molecule has 11 rings (SSSR count). The Morgan fingerprint density at radius 3 is 1.31 bits per heavy atom. The fourth-order valence-electron chi connectivity index (χ4n) is 9.56. The summed E-state index contributed by atoms with van der Waals surface area (Å²) in [4.78, 5) is 12.8. The third kappa shape index (κ3) is 5.72. The van der Waals surface area contributed by atoms with Crippen LogP contribution in [0.25, 0.3) is 56.2 Å². The van der Waals surface area contributed by atoms with Gasteiger partial charge in [0.2, 0.25) is 0 Å². The van der Waals surface area contributed by atoms with Crippen LogP contribution in [0, 0.1) is 0 Å². The van der Waals surface area contributed by atoms with Gasteiger partial charge >= 0.3 is 0 Å². The lowest BCUT2D eigenvalue weighted by molar-refractivity contribution is 0.549. The van der Waals surface area contributed by atoms with Crippen LogP contribution in [0.5, 0.6) is 0 Å². The molecule has 0 bridgehead atoms. The standard InChI is InChI=1S/C56H40N2S/c1-55(2)44-19-9-11-21-46(44)56(47-22-12-10-20-45(47)55)48-23-13-14-24-52(48)59-53-35-43(33-34-49(53)56)39-27-31-41(32-28-39)51-36-50(57-54(58-51)42-17-7-4-8-18-42)40-29-25-38(26-30-40)37-15-5-3-6-16-37/h3-36H,1-2H3. The quantitative estimate of drug-likeness (QED) is 0.174. The average molecular weight is 773 g/mol. The van der Waals surface area contributed by atoms with Crippen LogP contribution in [-0.2, 0) is 10.8 Å². The van der Waals surface area contributed by atoms with Crippen molar-refractivity contribution in [2.45, 2.75) is 34.5 Å². The van der Waals surface area contributed by atoms with Crippen LogP contribution in [0.3, 0.4) is 0 Å². The van der Waals surface area contributed by atoms with E-state index in [9.17, 15) is 0 Å². The summed E-state index contributed by atoms with van der Waals surface area (Å²) in [6, 6.07) is 74.9. The van der Waals surface area contributed by atoms with Gasteiger partial charge in [0.1, 0.15) is 0 Å². The minimum absolute atomic E-state index is 0.126. The maximum absolute atomic E-state index is 5.13. The molecule has 2 nitrogen and oxygen atoms in total. The van der Waals surface area contributed by atoms with Gasteiger partial charge in [-0.2, -0.15) is 0 Å². The molecular weight excluding hydrogens is 733 g/mol. The van der Waals surface area contributed by atoms with Crippen LogP contribution in [0.1, 0.15) is 47.2 Å². The molecule has 0 amide bonds. The van der Waals surface area contributed by atoms with Crippen molar-refractivity contribution in [1.29, 1.82) is 0 Å². The van der Waals surface area contributed by atoms with Crippen LogP contribution >= 0.6 is 11.8 Å². The van der Waals surface area contributed by atoms with E-state index in [1.54, 1.807) is 0 Å². The number of rotatable bonds is 5. The molecule has 0 unspecified atom stereocenters.